The fourth-order valence-electron chi connectivity index (χ4n) is 4.06. The van der Waals surface area contributed by atoms with Gasteiger partial charge in [-0.15, -0.1) is 0 Å². The molecule has 1 aliphatic heterocycles. The second-order valence-electron chi connectivity index (χ2n) is 8.45. The lowest BCUT2D eigenvalue weighted by molar-refractivity contribution is 0.251. The molecule has 3 aromatic carbocycles. The Labute approximate surface area is 209 Å². The third-order valence-electron chi connectivity index (χ3n) is 5.87. The Kier molecular flexibility index (Phi) is 6.15. The van der Waals surface area contributed by atoms with Crippen LogP contribution in [0.2, 0.25) is 0 Å². The number of aromatic nitrogens is 1. The average Bonchev–Trinajstić information content (AvgIpc) is 3.01. The van der Waals surface area contributed by atoms with Crippen molar-refractivity contribution in [2.24, 2.45) is 0 Å². The summed E-state index contributed by atoms with van der Waals surface area (Å²) in [5.74, 6) is 0.926. The van der Waals surface area contributed by atoms with E-state index >= 15 is 0 Å². The van der Waals surface area contributed by atoms with E-state index < -0.39 is 0 Å². The summed E-state index contributed by atoms with van der Waals surface area (Å²) in [4.78, 5) is 18.3. The van der Waals surface area contributed by atoms with Crippen molar-refractivity contribution in [3.8, 4) is 0 Å². The lowest BCUT2D eigenvalue weighted by Crippen LogP contribution is -2.36. The van der Waals surface area contributed by atoms with Crippen LogP contribution < -0.4 is 20.9 Å². The number of fused-ring (bicyclic) bond motifs is 2. The second-order valence-corrected chi connectivity index (χ2v) is 8.45. The van der Waals surface area contributed by atoms with Crippen molar-refractivity contribution in [3.05, 3.63) is 113 Å². The summed E-state index contributed by atoms with van der Waals surface area (Å²) in [6, 6.07) is 25.9. The number of nitrogens with one attached hydrogen (secondary N) is 5. The van der Waals surface area contributed by atoms with E-state index in [-0.39, 0.29) is 17.7 Å². The van der Waals surface area contributed by atoms with Gasteiger partial charge < -0.3 is 16.0 Å². The van der Waals surface area contributed by atoms with Gasteiger partial charge in [0.1, 0.15) is 11.7 Å². The molecule has 8 nitrogen and oxygen atoms in total. The number of rotatable bonds is 4. The maximum atomic E-state index is 12.3. The minimum absolute atomic E-state index is 0.157. The molecule has 0 fully saturated rings. The summed E-state index contributed by atoms with van der Waals surface area (Å²) >= 11 is 0. The zero-order valence-electron chi connectivity index (χ0n) is 19.7. The van der Waals surface area contributed by atoms with E-state index in [0.29, 0.717) is 29.2 Å². The van der Waals surface area contributed by atoms with Crippen LogP contribution in [0.1, 0.15) is 22.3 Å². The Bertz CT molecular complexity index is 1460. The average molecular weight is 476 g/mol. The van der Waals surface area contributed by atoms with Crippen LogP contribution in [0.3, 0.4) is 0 Å². The van der Waals surface area contributed by atoms with E-state index in [2.05, 4.69) is 20.9 Å². The van der Waals surface area contributed by atoms with Crippen LogP contribution in [0.15, 0.2) is 91.1 Å². The molecular formula is C28H25N7O. The first-order chi connectivity index (χ1) is 17.5. The summed E-state index contributed by atoms with van der Waals surface area (Å²) in [6.45, 7) is 2.31. The molecule has 5 N–H and O–H groups in total. The number of carbonyl (C=O) groups is 1. The predicted molar refractivity (Wildman–Crippen MR) is 144 cm³/mol. The first-order valence-corrected chi connectivity index (χ1v) is 11.5. The molecule has 2 amide bonds. The Morgan fingerprint density at radius 3 is 2.61 bits per heavy atom. The van der Waals surface area contributed by atoms with Crippen molar-refractivity contribution < 1.29 is 4.79 Å². The fraction of sp³-hybridized carbons (Fsp3) is 0.0714. The molecule has 0 atom stereocenters. The number of amidine groups is 2. The molecule has 8 heteroatoms. The van der Waals surface area contributed by atoms with Crippen LogP contribution in [0.25, 0.3) is 0 Å². The number of nitrogens with zero attached hydrogens (tertiary/aromatic N) is 2. The van der Waals surface area contributed by atoms with Gasteiger partial charge in [0.25, 0.3) is 0 Å². The van der Waals surface area contributed by atoms with Crippen molar-refractivity contribution in [3.63, 3.8) is 0 Å². The molecule has 36 heavy (non-hydrogen) atoms. The largest absolute Gasteiger partial charge is 0.338 e. The Morgan fingerprint density at radius 2 is 1.81 bits per heavy atom. The highest BCUT2D eigenvalue weighted by Gasteiger charge is 2.28. The third-order valence-corrected chi connectivity index (χ3v) is 5.87. The number of hydrogen-bond acceptors (Lipinski definition) is 5. The van der Waals surface area contributed by atoms with Crippen molar-refractivity contribution in [1.29, 1.82) is 10.8 Å². The monoisotopic (exact) mass is 475 g/mol. The van der Waals surface area contributed by atoms with Crippen LogP contribution in [-0.2, 0) is 6.54 Å². The van der Waals surface area contributed by atoms with E-state index in [9.17, 15) is 4.79 Å². The maximum Gasteiger partial charge on any atom is 0.319 e. The van der Waals surface area contributed by atoms with E-state index in [4.69, 9.17) is 10.8 Å². The first kappa shape index (κ1) is 22.8. The lowest BCUT2D eigenvalue weighted by Gasteiger charge is -2.25. The summed E-state index contributed by atoms with van der Waals surface area (Å²) in [7, 11) is 0. The molecular weight excluding hydrogens is 450 g/mol. The molecule has 1 aromatic heterocycles. The van der Waals surface area contributed by atoms with Gasteiger partial charge in [-0.1, -0.05) is 48.5 Å². The molecule has 0 radical (unpaired) electrons. The summed E-state index contributed by atoms with van der Waals surface area (Å²) in [5.41, 5.74) is 5.42. The molecule has 4 aromatic rings. The van der Waals surface area contributed by atoms with Gasteiger partial charge in [0.2, 0.25) is 0 Å². The van der Waals surface area contributed by atoms with Gasteiger partial charge >= 0.3 is 6.03 Å². The Hall–Kier alpha value is -4.98. The molecule has 1 aliphatic rings. The molecule has 0 bridgehead atoms. The predicted octanol–water partition coefficient (Wildman–Crippen LogP) is 5.63. The molecule has 0 saturated heterocycles. The van der Waals surface area contributed by atoms with Gasteiger partial charge in [0.05, 0.1) is 11.4 Å². The van der Waals surface area contributed by atoms with Gasteiger partial charge in [0, 0.05) is 29.6 Å². The highest BCUT2D eigenvalue weighted by Crippen LogP contribution is 2.34. The van der Waals surface area contributed by atoms with Gasteiger partial charge in [-0.3, -0.25) is 15.7 Å². The fourth-order valence-corrected chi connectivity index (χ4v) is 4.06. The number of aryl methyl sites for hydroxylation is 1. The smallest absolute Gasteiger partial charge is 0.319 e. The molecule has 0 saturated carbocycles. The molecule has 2 heterocycles. The van der Waals surface area contributed by atoms with E-state index in [1.807, 2.05) is 85.8 Å². The summed E-state index contributed by atoms with van der Waals surface area (Å²) < 4.78 is 0. The van der Waals surface area contributed by atoms with Crippen molar-refractivity contribution in [1.82, 2.24) is 10.3 Å². The van der Waals surface area contributed by atoms with Crippen LogP contribution in [-0.4, -0.2) is 22.7 Å². The SMILES string of the molecule is Cc1cccc(NC(=O)NCc2ccc(C(=N)N3C(=N)c4ccccc4Nc4ncccc43)cc2)c1. The number of carbonyl (C=O) groups excluding carboxylic acids is 1. The zero-order chi connectivity index (χ0) is 25.1. The number of para-hydroxylation sites is 1. The minimum Gasteiger partial charge on any atom is -0.338 e. The quantitative estimate of drug-likeness (QED) is 0.194. The highest BCUT2D eigenvalue weighted by atomic mass is 16.2. The molecule has 178 valence electrons. The first-order valence-electron chi connectivity index (χ1n) is 11.5. The van der Waals surface area contributed by atoms with E-state index in [1.165, 1.54) is 0 Å². The number of hydrogen-bond donors (Lipinski definition) is 5. The van der Waals surface area contributed by atoms with Crippen molar-refractivity contribution in [2.45, 2.75) is 13.5 Å². The number of amides is 2. The van der Waals surface area contributed by atoms with E-state index in [0.717, 1.165) is 22.5 Å². The summed E-state index contributed by atoms with van der Waals surface area (Å²) in [5, 5.41) is 26.8. The van der Waals surface area contributed by atoms with Crippen LogP contribution in [0, 0.1) is 17.7 Å². The number of urea groups is 1. The maximum absolute atomic E-state index is 12.3. The molecule has 5 rings (SSSR count). The Balaban J connectivity index is 1.32. The van der Waals surface area contributed by atoms with Crippen molar-refractivity contribution >= 4 is 40.6 Å². The van der Waals surface area contributed by atoms with Gasteiger partial charge in [0.15, 0.2) is 5.82 Å². The Morgan fingerprint density at radius 1 is 1.00 bits per heavy atom. The van der Waals surface area contributed by atoms with Gasteiger partial charge in [-0.25, -0.2) is 9.78 Å². The number of anilines is 4. The zero-order valence-corrected chi connectivity index (χ0v) is 19.7. The number of benzene rings is 3. The normalized spacial score (nSPS) is 12.0. The van der Waals surface area contributed by atoms with Gasteiger partial charge in [-0.05, 0) is 54.4 Å². The van der Waals surface area contributed by atoms with E-state index in [1.54, 1.807) is 17.2 Å². The van der Waals surface area contributed by atoms with Crippen molar-refractivity contribution in [2.75, 3.05) is 15.5 Å². The molecule has 0 spiro atoms. The topological polar surface area (TPSA) is 117 Å². The van der Waals surface area contributed by atoms with Crippen LogP contribution >= 0.6 is 0 Å². The van der Waals surface area contributed by atoms with Gasteiger partial charge in [-0.2, -0.15) is 0 Å². The second kappa shape index (κ2) is 9.71. The molecule has 0 unspecified atom stereocenters. The third kappa shape index (κ3) is 4.65. The standard InChI is InChI=1S/C28H25N7O/c1-18-6-4-7-21(16-18)33-28(36)32-17-19-11-13-20(14-12-19)25(29)35-24-10-5-15-31-27(24)34-23-9-3-2-8-22(23)26(35)30/h2-16,29-30H,17H2,1H3,(H,31,34)(H2,32,33,36). The summed E-state index contributed by atoms with van der Waals surface area (Å²) in [6.07, 6.45) is 1.68. The molecule has 0 aliphatic carbocycles. The van der Waals surface area contributed by atoms with Crippen LogP contribution in [0.4, 0.5) is 27.7 Å². The number of pyridine rings is 1. The lowest BCUT2D eigenvalue weighted by atomic mass is 10.1. The van der Waals surface area contributed by atoms with Crippen LogP contribution in [0.5, 0.6) is 0 Å². The minimum atomic E-state index is -0.286. The highest BCUT2D eigenvalue weighted by molar-refractivity contribution is 6.30.